The summed E-state index contributed by atoms with van der Waals surface area (Å²) in [5, 5.41) is 8.52. The summed E-state index contributed by atoms with van der Waals surface area (Å²) in [7, 11) is -0.562. The topological polar surface area (TPSA) is 63.3 Å². The van der Waals surface area contributed by atoms with Gasteiger partial charge >= 0.3 is 5.97 Å². The van der Waals surface area contributed by atoms with Crippen LogP contribution in [-0.2, 0) is 11.2 Å². The van der Waals surface area contributed by atoms with E-state index in [4.69, 9.17) is 10.8 Å². The van der Waals surface area contributed by atoms with Crippen molar-refractivity contribution in [2.75, 3.05) is 24.6 Å². The van der Waals surface area contributed by atoms with E-state index in [0.29, 0.717) is 6.42 Å². The third kappa shape index (κ3) is 13.8. The predicted molar refractivity (Wildman–Crippen MR) is 132 cm³/mol. The first-order valence-corrected chi connectivity index (χ1v) is 14.3. The van der Waals surface area contributed by atoms with Crippen LogP contribution in [0, 0.1) is 0 Å². The normalized spacial score (nSPS) is 12.2. The lowest BCUT2D eigenvalue weighted by Crippen LogP contribution is -2.32. The number of aliphatic carboxylic acids is 1. The zero-order chi connectivity index (χ0) is 22.0. The van der Waals surface area contributed by atoms with Gasteiger partial charge in [0.1, 0.15) is 6.04 Å². The molecule has 1 unspecified atom stereocenters. The molecule has 168 valence electrons. The number of nitrogens with two attached hydrogens (primary N) is 1. The molecule has 0 bridgehead atoms. The SMILES string of the molecule is CCCC[P+](CCCC)(CCCC)CCCC.NC(Cc1ccccc1)C(=O)O. The number of hydrogen-bond donors (Lipinski definition) is 2. The maximum absolute atomic E-state index is 10.4. The van der Waals surface area contributed by atoms with Gasteiger partial charge in [-0.3, -0.25) is 4.79 Å². The molecular weight excluding hydrogens is 377 g/mol. The highest BCUT2D eigenvalue weighted by molar-refractivity contribution is 7.75. The van der Waals surface area contributed by atoms with Crippen molar-refractivity contribution in [3.05, 3.63) is 35.9 Å². The van der Waals surface area contributed by atoms with Gasteiger partial charge in [-0.15, -0.1) is 0 Å². The maximum Gasteiger partial charge on any atom is 0.320 e. The maximum atomic E-state index is 10.4. The molecule has 1 rings (SSSR count). The Balaban J connectivity index is 0.000000571. The van der Waals surface area contributed by atoms with E-state index in [2.05, 4.69) is 27.7 Å². The number of rotatable bonds is 15. The number of carbonyl (C=O) groups is 1. The van der Waals surface area contributed by atoms with Gasteiger partial charge in [-0.1, -0.05) is 83.7 Å². The minimum atomic E-state index is -0.959. The van der Waals surface area contributed by atoms with Crippen molar-refractivity contribution in [2.45, 2.75) is 91.5 Å². The Hall–Kier alpha value is -0.920. The van der Waals surface area contributed by atoms with Crippen LogP contribution in [0.2, 0.25) is 0 Å². The minimum absolute atomic E-state index is 0.385. The average molecular weight is 425 g/mol. The van der Waals surface area contributed by atoms with Crippen molar-refractivity contribution >= 4 is 13.2 Å². The van der Waals surface area contributed by atoms with Crippen molar-refractivity contribution in [3.63, 3.8) is 0 Å². The van der Waals surface area contributed by atoms with E-state index in [9.17, 15) is 4.79 Å². The largest absolute Gasteiger partial charge is 0.480 e. The van der Waals surface area contributed by atoms with Crippen LogP contribution in [0.4, 0.5) is 0 Å². The van der Waals surface area contributed by atoms with Gasteiger partial charge in [-0.2, -0.15) is 0 Å². The Morgan fingerprint density at radius 3 is 1.52 bits per heavy atom. The molecule has 0 aliphatic rings. The minimum Gasteiger partial charge on any atom is -0.480 e. The van der Waals surface area contributed by atoms with Gasteiger partial charge in [-0.25, -0.2) is 0 Å². The summed E-state index contributed by atoms with van der Waals surface area (Å²) in [5.41, 5.74) is 6.30. The highest BCUT2D eigenvalue weighted by Crippen LogP contribution is 2.61. The molecule has 0 spiro atoms. The molecule has 1 aromatic rings. The molecule has 0 fully saturated rings. The van der Waals surface area contributed by atoms with Gasteiger partial charge in [0.2, 0.25) is 0 Å². The van der Waals surface area contributed by atoms with Crippen molar-refractivity contribution in [1.29, 1.82) is 0 Å². The van der Waals surface area contributed by atoms with E-state index in [0.717, 1.165) is 5.56 Å². The summed E-state index contributed by atoms with van der Waals surface area (Å²) in [6, 6.07) is 8.54. The summed E-state index contributed by atoms with van der Waals surface area (Å²) in [4.78, 5) is 10.4. The Bertz CT molecular complexity index is 469. The third-order valence-electron chi connectivity index (χ3n) is 5.56. The molecular formula is C25H47NO2P+. The van der Waals surface area contributed by atoms with Crippen LogP contribution >= 0.6 is 7.26 Å². The monoisotopic (exact) mass is 424 g/mol. The van der Waals surface area contributed by atoms with Gasteiger partial charge in [-0.05, 0) is 37.7 Å². The van der Waals surface area contributed by atoms with Crippen LogP contribution in [0.3, 0.4) is 0 Å². The Morgan fingerprint density at radius 1 is 0.828 bits per heavy atom. The molecule has 29 heavy (non-hydrogen) atoms. The smallest absolute Gasteiger partial charge is 0.320 e. The van der Waals surface area contributed by atoms with E-state index in [1.165, 1.54) is 51.4 Å². The summed E-state index contributed by atoms with van der Waals surface area (Å²) in [6.45, 7) is 9.42. The van der Waals surface area contributed by atoms with Crippen molar-refractivity contribution in [2.24, 2.45) is 5.73 Å². The Kier molecular flexibility index (Phi) is 17.3. The molecule has 0 radical (unpaired) electrons. The summed E-state index contributed by atoms with van der Waals surface area (Å²) >= 11 is 0. The van der Waals surface area contributed by atoms with E-state index in [1.807, 2.05) is 30.3 Å². The Labute approximate surface area is 181 Å². The summed E-state index contributed by atoms with van der Waals surface area (Å²) in [6.07, 6.45) is 18.3. The molecule has 4 heteroatoms. The molecule has 3 N–H and O–H groups in total. The highest BCUT2D eigenvalue weighted by Gasteiger charge is 2.34. The molecule has 1 atom stereocenters. The van der Waals surface area contributed by atoms with Crippen LogP contribution < -0.4 is 5.73 Å². The predicted octanol–water partition coefficient (Wildman–Crippen LogP) is 6.85. The molecule has 0 aromatic heterocycles. The molecule has 1 aromatic carbocycles. The van der Waals surface area contributed by atoms with Gasteiger partial charge in [0.05, 0.1) is 24.6 Å². The van der Waals surface area contributed by atoms with Crippen molar-refractivity contribution < 1.29 is 9.90 Å². The van der Waals surface area contributed by atoms with Gasteiger partial charge in [0, 0.05) is 7.26 Å². The zero-order valence-electron chi connectivity index (χ0n) is 19.5. The number of hydrogen-bond acceptors (Lipinski definition) is 2. The first-order valence-electron chi connectivity index (χ1n) is 11.8. The molecule has 0 saturated heterocycles. The standard InChI is InChI=1S/C16H36P.C9H11NO2/c1-5-9-13-17(14-10-6-2,15-11-7-3)16-12-8-4;10-8(9(11)12)6-7-4-2-1-3-5-7/h5-16H2,1-4H3;1-5,8H,6,10H2,(H,11,12)/q+1;. The Morgan fingerprint density at radius 2 is 1.21 bits per heavy atom. The number of carboxylic acid groups (broad SMARTS) is 1. The number of benzene rings is 1. The first-order chi connectivity index (χ1) is 13.9. The summed E-state index contributed by atoms with van der Waals surface area (Å²) < 4.78 is 0. The molecule has 0 saturated carbocycles. The van der Waals surface area contributed by atoms with Crippen LogP contribution in [0.15, 0.2) is 30.3 Å². The van der Waals surface area contributed by atoms with Crippen LogP contribution in [0.1, 0.15) is 84.6 Å². The highest BCUT2D eigenvalue weighted by atomic mass is 31.2. The van der Waals surface area contributed by atoms with Crippen LogP contribution in [0.25, 0.3) is 0 Å². The number of carboxylic acids is 1. The van der Waals surface area contributed by atoms with Crippen LogP contribution in [-0.4, -0.2) is 41.8 Å². The molecule has 0 aliphatic carbocycles. The second kappa shape index (κ2) is 17.9. The van der Waals surface area contributed by atoms with Gasteiger partial charge in [0.15, 0.2) is 0 Å². The van der Waals surface area contributed by atoms with Gasteiger partial charge in [0.25, 0.3) is 0 Å². The summed E-state index contributed by atoms with van der Waals surface area (Å²) in [5.74, 6) is -0.959. The molecule has 0 aliphatic heterocycles. The quantitative estimate of drug-likeness (QED) is 0.303. The zero-order valence-corrected chi connectivity index (χ0v) is 20.4. The second-order valence-electron chi connectivity index (χ2n) is 8.28. The van der Waals surface area contributed by atoms with E-state index in [-0.39, 0.29) is 0 Å². The lowest BCUT2D eigenvalue weighted by molar-refractivity contribution is -0.138. The third-order valence-corrected chi connectivity index (χ3v) is 10.6. The van der Waals surface area contributed by atoms with E-state index in [1.54, 1.807) is 24.6 Å². The molecule has 3 nitrogen and oxygen atoms in total. The van der Waals surface area contributed by atoms with Gasteiger partial charge < -0.3 is 10.8 Å². The average Bonchev–Trinajstić information content (AvgIpc) is 2.74. The first kappa shape index (κ1) is 28.1. The van der Waals surface area contributed by atoms with Crippen molar-refractivity contribution in [3.8, 4) is 0 Å². The molecule has 0 amide bonds. The van der Waals surface area contributed by atoms with Crippen LogP contribution in [0.5, 0.6) is 0 Å². The van der Waals surface area contributed by atoms with E-state index < -0.39 is 19.3 Å². The second-order valence-corrected chi connectivity index (χ2v) is 12.8. The fraction of sp³-hybridized carbons (Fsp3) is 0.720. The lowest BCUT2D eigenvalue weighted by atomic mass is 10.1. The lowest BCUT2D eigenvalue weighted by Gasteiger charge is -2.28. The fourth-order valence-electron chi connectivity index (χ4n) is 3.60. The molecule has 0 heterocycles. The number of unbranched alkanes of at least 4 members (excludes halogenated alkanes) is 4. The van der Waals surface area contributed by atoms with Crippen molar-refractivity contribution in [1.82, 2.24) is 0 Å². The fourth-order valence-corrected chi connectivity index (χ4v) is 8.89. The van der Waals surface area contributed by atoms with E-state index >= 15 is 0 Å².